The third kappa shape index (κ3) is 42.6. The SMILES string of the molecule is CN(C)CCCCC(=O)N(CCCCCCCCCC/C=C\CCCCCCCC(=O)O)CCCCCCCCCC/C=C\CCCCCCCC(=O)O. The highest BCUT2D eigenvalue weighted by atomic mass is 16.4. The summed E-state index contributed by atoms with van der Waals surface area (Å²) in [6.45, 7) is 2.93. The maximum atomic E-state index is 13.1. The molecule has 0 aliphatic rings. The van der Waals surface area contributed by atoms with E-state index in [9.17, 15) is 14.4 Å². The molecule has 0 spiro atoms. The predicted molar refractivity (Wildman–Crippen MR) is 230 cm³/mol. The van der Waals surface area contributed by atoms with Crippen LogP contribution in [0.2, 0.25) is 0 Å². The maximum absolute atomic E-state index is 13.1. The zero-order valence-corrected chi connectivity index (χ0v) is 35.7. The van der Waals surface area contributed by atoms with Crippen LogP contribution in [-0.4, -0.2) is 71.6 Å². The summed E-state index contributed by atoms with van der Waals surface area (Å²) in [5.41, 5.74) is 0. The highest BCUT2D eigenvalue weighted by Gasteiger charge is 2.13. The molecule has 0 aromatic carbocycles. The Hall–Kier alpha value is -2.15. The van der Waals surface area contributed by atoms with Crippen LogP contribution in [0.3, 0.4) is 0 Å². The summed E-state index contributed by atoms with van der Waals surface area (Å²) in [5, 5.41) is 17.4. The van der Waals surface area contributed by atoms with Crippen molar-refractivity contribution in [3.8, 4) is 0 Å². The smallest absolute Gasteiger partial charge is 0.303 e. The summed E-state index contributed by atoms with van der Waals surface area (Å²) < 4.78 is 0. The molecule has 7 nitrogen and oxygen atoms in total. The van der Waals surface area contributed by atoms with Crippen LogP contribution in [-0.2, 0) is 14.4 Å². The van der Waals surface area contributed by atoms with Gasteiger partial charge >= 0.3 is 11.9 Å². The van der Waals surface area contributed by atoms with Gasteiger partial charge in [0.25, 0.3) is 0 Å². The molecular weight excluding hydrogens is 673 g/mol. The molecule has 0 heterocycles. The van der Waals surface area contributed by atoms with Gasteiger partial charge in [0, 0.05) is 32.4 Å². The van der Waals surface area contributed by atoms with Crippen LogP contribution in [0, 0.1) is 0 Å². The quantitative estimate of drug-likeness (QED) is 0.0474. The number of aliphatic carboxylic acids is 2. The van der Waals surface area contributed by atoms with Gasteiger partial charge < -0.3 is 20.0 Å². The number of hydrogen-bond donors (Lipinski definition) is 2. The van der Waals surface area contributed by atoms with E-state index < -0.39 is 11.9 Å². The van der Waals surface area contributed by atoms with E-state index >= 15 is 0 Å². The lowest BCUT2D eigenvalue weighted by atomic mass is 10.1. The number of carbonyl (C=O) groups excluding carboxylic acids is 1. The van der Waals surface area contributed by atoms with E-state index in [1.54, 1.807) is 0 Å². The van der Waals surface area contributed by atoms with Gasteiger partial charge in [0.05, 0.1) is 0 Å². The van der Waals surface area contributed by atoms with Crippen molar-refractivity contribution in [2.75, 3.05) is 33.7 Å². The lowest BCUT2D eigenvalue weighted by Gasteiger charge is -2.23. The van der Waals surface area contributed by atoms with Crippen molar-refractivity contribution in [3.63, 3.8) is 0 Å². The summed E-state index contributed by atoms with van der Waals surface area (Å²) in [4.78, 5) is 38.6. The van der Waals surface area contributed by atoms with Crippen LogP contribution in [0.1, 0.15) is 225 Å². The van der Waals surface area contributed by atoms with Crippen molar-refractivity contribution in [1.29, 1.82) is 0 Å². The minimum atomic E-state index is -0.676. The van der Waals surface area contributed by atoms with Crippen LogP contribution >= 0.6 is 0 Å². The Bertz CT molecular complexity index is 845. The Morgan fingerprint density at radius 2 is 0.611 bits per heavy atom. The molecular formula is C47H88N2O5. The van der Waals surface area contributed by atoms with E-state index in [1.807, 2.05) is 0 Å². The summed E-state index contributed by atoms with van der Waals surface area (Å²) >= 11 is 0. The molecule has 0 atom stereocenters. The molecule has 0 saturated carbocycles. The zero-order chi connectivity index (χ0) is 39.6. The fraction of sp³-hybridized carbons (Fsp3) is 0.851. The molecule has 0 aliphatic carbocycles. The number of carbonyl (C=O) groups is 3. The number of carboxylic acids is 2. The fourth-order valence-electron chi connectivity index (χ4n) is 7.08. The fourth-order valence-corrected chi connectivity index (χ4v) is 7.08. The van der Waals surface area contributed by atoms with Crippen LogP contribution in [0.15, 0.2) is 24.3 Å². The van der Waals surface area contributed by atoms with Gasteiger partial charge in [0.15, 0.2) is 0 Å². The molecule has 0 radical (unpaired) electrons. The van der Waals surface area contributed by atoms with Crippen molar-refractivity contribution < 1.29 is 24.6 Å². The van der Waals surface area contributed by atoms with Crippen LogP contribution < -0.4 is 0 Å². The average Bonchev–Trinajstić information content (AvgIpc) is 3.13. The van der Waals surface area contributed by atoms with E-state index in [2.05, 4.69) is 48.2 Å². The van der Waals surface area contributed by atoms with Gasteiger partial charge in [-0.3, -0.25) is 14.4 Å². The number of carboxylic acid groups (broad SMARTS) is 2. The molecule has 0 fully saturated rings. The molecule has 0 aromatic rings. The molecule has 0 bridgehead atoms. The molecule has 0 saturated heterocycles. The third-order valence-electron chi connectivity index (χ3n) is 10.6. The Morgan fingerprint density at radius 3 is 0.926 bits per heavy atom. The van der Waals surface area contributed by atoms with E-state index in [0.29, 0.717) is 25.2 Å². The minimum absolute atomic E-state index is 0.311. The Kier molecular flexibility index (Phi) is 40.3. The molecule has 2 N–H and O–H groups in total. The number of hydrogen-bond acceptors (Lipinski definition) is 4. The summed E-state index contributed by atoms with van der Waals surface area (Å²) in [5.74, 6) is -0.978. The highest BCUT2D eigenvalue weighted by Crippen LogP contribution is 2.15. The summed E-state index contributed by atoms with van der Waals surface area (Å²) in [6.07, 6.45) is 48.9. The molecule has 0 aromatic heterocycles. The molecule has 0 unspecified atom stereocenters. The molecule has 1 amide bonds. The lowest BCUT2D eigenvalue weighted by Crippen LogP contribution is -2.33. The van der Waals surface area contributed by atoms with E-state index in [4.69, 9.17) is 10.2 Å². The van der Waals surface area contributed by atoms with E-state index in [-0.39, 0.29) is 0 Å². The van der Waals surface area contributed by atoms with Gasteiger partial charge in [0.2, 0.25) is 5.91 Å². The van der Waals surface area contributed by atoms with Gasteiger partial charge in [-0.1, -0.05) is 140 Å². The molecule has 316 valence electrons. The van der Waals surface area contributed by atoms with Gasteiger partial charge in [-0.25, -0.2) is 0 Å². The monoisotopic (exact) mass is 761 g/mol. The van der Waals surface area contributed by atoms with E-state index in [1.165, 1.54) is 128 Å². The lowest BCUT2D eigenvalue weighted by molar-refractivity contribution is -0.138. The standard InChI is InChI=1S/C47H88N2O5/c1-48(2)42-38-35-39-45(50)49(43-36-31-27-23-19-15-11-7-3-5-9-13-17-21-25-29-33-40-46(51)52)44-37-32-28-24-20-16-12-8-4-6-10-14-18-22-26-30-34-41-47(53)54/h5-6,9-10H,3-4,7-8,11-44H2,1-2H3,(H,51,52)(H,53,54)/b9-5-,10-6-. The van der Waals surface area contributed by atoms with Crippen molar-refractivity contribution in [3.05, 3.63) is 24.3 Å². The third-order valence-corrected chi connectivity index (χ3v) is 10.6. The first-order valence-electron chi connectivity index (χ1n) is 23.0. The second kappa shape index (κ2) is 42.0. The Labute approximate surface area is 334 Å². The van der Waals surface area contributed by atoms with Crippen molar-refractivity contribution >= 4 is 17.8 Å². The number of rotatable bonds is 43. The first-order valence-corrected chi connectivity index (χ1v) is 23.0. The molecule has 54 heavy (non-hydrogen) atoms. The highest BCUT2D eigenvalue weighted by molar-refractivity contribution is 5.76. The number of amides is 1. The molecule has 0 rings (SSSR count). The molecule has 7 heteroatoms. The van der Waals surface area contributed by atoms with Crippen LogP contribution in [0.4, 0.5) is 0 Å². The number of allylic oxidation sites excluding steroid dienone is 4. The number of unbranched alkanes of at least 4 members (excludes halogenated alkanes) is 27. The number of nitrogens with zero attached hydrogens (tertiary/aromatic N) is 2. The average molecular weight is 761 g/mol. The van der Waals surface area contributed by atoms with Gasteiger partial charge in [0.1, 0.15) is 0 Å². The second-order valence-electron chi connectivity index (χ2n) is 16.2. The largest absolute Gasteiger partial charge is 0.481 e. The second-order valence-corrected chi connectivity index (χ2v) is 16.2. The summed E-state index contributed by atoms with van der Waals surface area (Å²) in [7, 11) is 4.21. The maximum Gasteiger partial charge on any atom is 0.303 e. The topological polar surface area (TPSA) is 98.2 Å². The predicted octanol–water partition coefficient (Wildman–Crippen LogP) is 13.3. The zero-order valence-electron chi connectivity index (χ0n) is 35.7. The van der Waals surface area contributed by atoms with Crippen molar-refractivity contribution in [2.24, 2.45) is 0 Å². The summed E-state index contributed by atoms with van der Waals surface area (Å²) in [6, 6.07) is 0. The van der Waals surface area contributed by atoms with Crippen molar-refractivity contribution in [2.45, 2.75) is 225 Å². The van der Waals surface area contributed by atoms with Crippen LogP contribution in [0.25, 0.3) is 0 Å². The van der Waals surface area contributed by atoms with E-state index in [0.717, 1.165) is 96.7 Å². The molecule has 0 aliphatic heterocycles. The Morgan fingerprint density at radius 1 is 0.352 bits per heavy atom. The van der Waals surface area contributed by atoms with Gasteiger partial charge in [-0.15, -0.1) is 0 Å². The van der Waals surface area contributed by atoms with Gasteiger partial charge in [-0.2, -0.15) is 0 Å². The van der Waals surface area contributed by atoms with Crippen molar-refractivity contribution in [1.82, 2.24) is 9.80 Å². The van der Waals surface area contributed by atoms with Gasteiger partial charge in [-0.05, 0) is 111 Å². The first kappa shape index (κ1) is 51.9. The minimum Gasteiger partial charge on any atom is -0.481 e. The first-order chi connectivity index (χ1) is 26.3. The Balaban J connectivity index is 3.89. The normalized spacial score (nSPS) is 11.8. The van der Waals surface area contributed by atoms with Crippen LogP contribution in [0.5, 0.6) is 0 Å².